The van der Waals surface area contributed by atoms with Crippen LogP contribution < -0.4 is 5.32 Å². The molecular weight excluding hydrogens is 240 g/mol. The first-order valence-electron chi connectivity index (χ1n) is 6.58. The molecule has 19 heavy (non-hydrogen) atoms. The summed E-state index contributed by atoms with van der Waals surface area (Å²) >= 11 is 0. The number of ether oxygens (including phenoxy) is 1. The first-order valence-corrected chi connectivity index (χ1v) is 6.58. The van der Waals surface area contributed by atoms with Gasteiger partial charge in [0, 0.05) is 25.3 Å². The minimum Gasteiger partial charge on any atom is -0.381 e. The topological polar surface area (TPSA) is 62.8 Å². The normalized spacial score (nSPS) is 22.2. The molecule has 1 saturated carbocycles. The molecule has 0 unspecified atom stereocenters. The van der Waals surface area contributed by atoms with Crippen molar-refractivity contribution in [3.63, 3.8) is 0 Å². The monoisotopic (exact) mass is 258 g/mol. The maximum Gasteiger partial charge on any atom is 0.117 e. The van der Waals surface area contributed by atoms with Crippen molar-refractivity contribution in [3.8, 4) is 11.3 Å². The third-order valence-corrected chi connectivity index (χ3v) is 3.65. The molecule has 0 spiro atoms. The molecule has 5 nitrogen and oxygen atoms in total. The van der Waals surface area contributed by atoms with Crippen molar-refractivity contribution in [1.29, 1.82) is 0 Å². The van der Waals surface area contributed by atoms with Gasteiger partial charge in [0.05, 0.1) is 6.10 Å². The molecule has 0 saturated heterocycles. The van der Waals surface area contributed by atoms with Crippen LogP contribution in [0.1, 0.15) is 18.5 Å². The Morgan fingerprint density at radius 1 is 1.26 bits per heavy atom. The van der Waals surface area contributed by atoms with Gasteiger partial charge in [-0.3, -0.25) is 0 Å². The molecular formula is C14H18N4O. The Kier molecular flexibility index (Phi) is 3.57. The Morgan fingerprint density at radius 3 is 2.79 bits per heavy atom. The standard InChI is InChI=1S/C14H18N4O/c1-19-12-7-11(8-12)15-9-13-14(17-18-16-13)10-5-3-2-4-6-10/h2-6,11-12,15H,7-9H2,1H3,(H,16,17,18). The average Bonchev–Trinajstić information content (AvgIpc) is 2.87. The fourth-order valence-electron chi connectivity index (χ4n) is 2.37. The minimum absolute atomic E-state index is 0.420. The van der Waals surface area contributed by atoms with E-state index in [1.165, 1.54) is 0 Å². The Hall–Kier alpha value is -1.72. The second kappa shape index (κ2) is 5.50. The van der Waals surface area contributed by atoms with E-state index in [1.807, 2.05) is 30.3 Å². The molecule has 2 aromatic rings. The van der Waals surface area contributed by atoms with E-state index in [1.54, 1.807) is 7.11 Å². The van der Waals surface area contributed by atoms with E-state index >= 15 is 0 Å². The molecule has 1 fully saturated rings. The molecule has 1 aliphatic rings. The Bertz CT molecular complexity index is 519. The van der Waals surface area contributed by atoms with E-state index < -0.39 is 0 Å². The number of methoxy groups -OCH3 is 1. The van der Waals surface area contributed by atoms with Gasteiger partial charge in [0.25, 0.3) is 0 Å². The Morgan fingerprint density at radius 2 is 2.05 bits per heavy atom. The van der Waals surface area contributed by atoms with Crippen molar-refractivity contribution < 1.29 is 4.74 Å². The highest BCUT2D eigenvalue weighted by molar-refractivity contribution is 5.60. The summed E-state index contributed by atoms with van der Waals surface area (Å²) in [7, 11) is 1.77. The Labute approximate surface area is 112 Å². The summed E-state index contributed by atoms with van der Waals surface area (Å²) < 4.78 is 5.27. The zero-order valence-electron chi connectivity index (χ0n) is 11.0. The molecule has 3 rings (SSSR count). The number of rotatable bonds is 5. The predicted molar refractivity (Wildman–Crippen MR) is 72.5 cm³/mol. The lowest BCUT2D eigenvalue weighted by atomic mass is 9.89. The number of aromatic nitrogens is 3. The number of aromatic amines is 1. The van der Waals surface area contributed by atoms with E-state index in [2.05, 4.69) is 20.7 Å². The molecule has 0 amide bonds. The van der Waals surface area contributed by atoms with Crippen LogP contribution in [0.15, 0.2) is 30.3 Å². The highest BCUT2D eigenvalue weighted by atomic mass is 16.5. The maximum atomic E-state index is 5.27. The third kappa shape index (κ3) is 2.67. The van der Waals surface area contributed by atoms with Gasteiger partial charge in [0.2, 0.25) is 0 Å². The van der Waals surface area contributed by atoms with E-state index in [-0.39, 0.29) is 0 Å². The molecule has 0 aliphatic heterocycles. The van der Waals surface area contributed by atoms with E-state index in [0.29, 0.717) is 12.1 Å². The van der Waals surface area contributed by atoms with E-state index in [4.69, 9.17) is 4.74 Å². The van der Waals surface area contributed by atoms with Gasteiger partial charge in [0.1, 0.15) is 11.4 Å². The molecule has 1 heterocycles. The van der Waals surface area contributed by atoms with Crippen LogP contribution in [0.25, 0.3) is 11.3 Å². The van der Waals surface area contributed by atoms with Crippen LogP contribution in [-0.4, -0.2) is 34.7 Å². The molecule has 100 valence electrons. The molecule has 1 aliphatic carbocycles. The SMILES string of the molecule is COC1CC(NCc2n[nH]nc2-c2ccccc2)C1. The first-order chi connectivity index (χ1) is 9.36. The van der Waals surface area contributed by atoms with Crippen LogP contribution >= 0.6 is 0 Å². The Balaban J connectivity index is 1.62. The quantitative estimate of drug-likeness (QED) is 0.857. The summed E-state index contributed by atoms with van der Waals surface area (Å²) in [6.45, 7) is 0.738. The second-order valence-electron chi connectivity index (χ2n) is 4.89. The van der Waals surface area contributed by atoms with Gasteiger partial charge < -0.3 is 10.1 Å². The largest absolute Gasteiger partial charge is 0.381 e. The highest BCUT2D eigenvalue weighted by Gasteiger charge is 2.28. The van der Waals surface area contributed by atoms with Crippen molar-refractivity contribution in [2.75, 3.05) is 7.11 Å². The molecule has 1 aromatic heterocycles. The number of nitrogens with zero attached hydrogens (tertiary/aromatic N) is 2. The predicted octanol–water partition coefficient (Wildman–Crippen LogP) is 1.74. The average molecular weight is 258 g/mol. The van der Waals surface area contributed by atoms with Gasteiger partial charge in [-0.15, -0.1) is 0 Å². The van der Waals surface area contributed by atoms with Crippen molar-refractivity contribution in [2.45, 2.75) is 31.5 Å². The number of hydrogen-bond donors (Lipinski definition) is 2. The van der Waals surface area contributed by atoms with Crippen LogP contribution in [-0.2, 0) is 11.3 Å². The molecule has 0 radical (unpaired) electrons. The molecule has 0 bridgehead atoms. The van der Waals surface area contributed by atoms with Gasteiger partial charge in [-0.25, -0.2) is 0 Å². The third-order valence-electron chi connectivity index (χ3n) is 3.65. The van der Waals surface area contributed by atoms with Gasteiger partial charge in [-0.1, -0.05) is 30.3 Å². The lowest BCUT2D eigenvalue weighted by Gasteiger charge is -2.34. The van der Waals surface area contributed by atoms with Gasteiger partial charge in [0.15, 0.2) is 0 Å². The number of hydrogen-bond acceptors (Lipinski definition) is 4. The van der Waals surface area contributed by atoms with E-state index in [0.717, 1.165) is 36.3 Å². The summed E-state index contributed by atoms with van der Waals surface area (Å²) in [5.41, 5.74) is 2.99. The van der Waals surface area contributed by atoms with Crippen LogP contribution in [0, 0.1) is 0 Å². The van der Waals surface area contributed by atoms with Crippen LogP contribution in [0.4, 0.5) is 0 Å². The van der Waals surface area contributed by atoms with Crippen molar-refractivity contribution in [2.24, 2.45) is 0 Å². The molecule has 1 aromatic carbocycles. The summed E-state index contributed by atoms with van der Waals surface area (Å²) in [4.78, 5) is 0. The molecule has 2 N–H and O–H groups in total. The number of benzene rings is 1. The van der Waals surface area contributed by atoms with Gasteiger partial charge in [-0.2, -0.15) is 15.4 Å². The van der Waals surface area contributed by atoms with Crippen molar-refractivity contribution in [1.82, 2.24) is 20.7 Å². The molecule has 5 heteroatoms. The van der Waals surface area contributed by atoms with Crippen LogP contribution in [0.3, 0.4) is 0 Å². The zero-order valence-corrected chi connectivity index (χ0v) is 11.0. The number of H-pyrrole nitrogens is 1. The van der Waals surface area contributed by atoms with Gasteiger partial charge in [-0.05, 0) is 12.8 Å². The summed E-state index contributed by atoms with van der Waals surface area (Å²) in [5, 5.41) is 14.7. The smallest absolute Gasteiger partial charge is 0.117 e. The summed E-state index contributed by atoms with van der Waals surface area (Å²) in [5.74, 6) is 0. The fraction of sp³-hybridized carbons (Fsp3) is 0.429. The van der Waals surface area contributed by atoms with Crippen molar-refractivity contribution in [3.05, 3.63) is 36.0 Å². The second-order valence-corrected chi connectivity index (χ2v) is 4.89. The lowest BCUT2D eigenvalue weighted by Crippen LogP contribution is -2.44. The van der Waals surface area contributed by atoms with Crippen molar-refractivity contribution >= 4 is 0 Å². The maximum absolute atomic E-state index is 5.27. The van der Waals surface area contributed by atoms with Gasteiger partial charge >= 0.3 is 0 Å². The first kappa shape index (κ1) is 12.3. The summed E-state index contributed by atoms with van der Waals surface area (Å²) in [6.07, 6.45) is 2.58. The minimum atomic E-state index is 0.420. The lowest BCUT2D eigenvalue weighted by molar-refractivity contribution is 0.0169. The fourth-order valence-corrected chi connectivity index (χ4v) is 2.37. The van der Waals surface area contributed by atoms with Crippen LogP contribution in [0.5, 0.6) is 0 Å². The van der Waals surface area contributed by atoms with E-state index in [9.17, 15) is 0 Å². The zero-order chi connectivity index (χ0) is 13.1. The highest BCUT2D eigenvalue weighted by Crippen LogP contribution is 2.24. The number of nitrogens with one attached hydrogen (secondary N) is 2. The summed E-state index contributed by atoms with van der Waals surface area (Å²) in [6, 6.07) is 10.6. The van der Waals surface area contributed by atoms with Crippen LogP contribution in [0.2, 0.25) is 0 Å². The molecule has 0 atom stereocenters.